The molecule has 0 aliphatic rings. The number of non-ortho nitro benzene ring substituents is 1. The average molecular weight is 235 g/mol. The van der Waals surface area contributed by atoms with Gasteiger partial charge in [0.2, 0.25) is 0 Å². The molecule has 0 aromatic heterocycles. The number of carboxylic acids is 2. The molecule has 0 atom stereocenters. The predicted octanol–water partition coefficient (Wildman–Crippen LogP) is -1.52. The lowest BCUT2D eigenvalue weighted by Gasteiger charge is -2.08. The van der Waals surface area contributed by atoms with E-state index in [9.17, 15) is 29.9 Å². The van der Waals surface area contributed by atoms with Crippen molar-refractivity contribution < 1.29 is 24.7 Å². The Bertz CT molecular complexity index is 486. The molecule has 17 heavy (non-hydrogen) atoms. The molecule has 0 aliphatic carbocycles. The number of nitro groups is 1. The Hall–Kier alpha value is -2.70. The van der Waals surface area contributed by atoms with Crippen LogP contribution in [0.2, 0.25) is 0 Å². The van der Waals surface area contributed by atoms with E-state index in [1.54, 1.807) is 0 Å². The van der Waals surface area contributed by atoms with E-state index in [2.05, 4.69) is 0 Å². The highest BCUT2D eigenvalue weighted by molar-refractivity contribution is 6.14. The molecule has 0 heterocycles. The zero-order valence-corrected chi connectivity index (χ0v) is 8.28. The lowest BCUT2D eigenvalue weighted by Crippen LogP contribution is -2.36. The molecule has 1 aromatic rings. The molecule has 0 N–H and O–H groups in total. The second kappa shape index (κ2) is 4.88. The highest BCUT2D eigenvalue weighted by atomic mass is 16.6. The molecule has 0 radical (unpaired) electrons. The van der Waals surface area contributed by atoms with E-state index in [0.717, 1.165) is 18.2 Å². The molecular weight excluding hydrogens is 230 g/mol. The Labute approximate surface area is 94.8 Å². The smallest absolute Gasteiger partial charge is 0.269 e. The van der Waals surface area contributed by atoms with Crippen LogP contribution in [0.5, 0.6) is 0 Å². The first-order chi connectivity index (χ1) is 7.91. The highest BCUT2D eigenvalue weighted by Crippen LogP contribution is 2.14. The second-order valence-electron chi connectivity index (χ2n) is 2.98. The predicted molar refractivity (Wildman–Crippen MR) is 51.1 cm³/mol. The zero-order chi connectivity index (χ0) is 13.0. The Kier molecular flexibility index (Phi) is 3.55. The van der Waals surface area contributed by atoms with Crippen LogP contribution in [0.3, 0.4) is 0 Å². The largest absolute Gasteiger partial charge is 0.545 e. The molecule has 0 saturated heterocycles. The first-order valence-corrected chi connectivity index (χ1v) is 4.30. The number of benzene rings is 1. The third-order valence-corrected chi connectivity index (χ3v) is 1.85. The fourth-order valence-corrected chi connectivity index (χ4v) is 1.06. The van der Waals surface area contributed by atoms with E-state index in [0.29, 0.717) is 0 Å². The van der Waals surface area contributed by atoms with Crippen molar-refractivity contribution in [3.63, 3.8) is 0 Å². The number of nitro benzene ring substituents is 1. The lowest BCUT2D eigenvalue weighted by atomic mass is 10.1. The van der Waals surface area contributed by atoms with Crippen molar-refractivity contribution in [1.29, 1.82) is 0 Å². The van der Waals surface area contributed by atoms with Crippen LogP contribution in [0.25, 0.3) is 6.08 Å². The third kappa shape index (κ3) is 3.13. The van der Waals surface area contributed by atoms with Crippen molar-refractivity contribution in [1.82, 2.24) is 0 Å². The minimum absolute atomic E-state index is 0.180. The van der Waals surface area contributed by atoms with Gasteiger partial charge in [0, 0.05) is 17.7 Å². The molecule has 0 aliphatic heterocycles. The van der Waals surface area contributed by atoms with Crippen molar-refractivity contribution in [2.45, 2.75) is 0 Å². The second-order valence-corrected chi connectivity index (χ2v) is 2.98. The fraction of sp³-hybridized carbons (Fsp3) is 0. The van der Waals surface area contributed by atoms with E-state index in [-0.39, 0.29) is 11.3 Å². The van der Waals surface area contributed by atoms with Crippen molar-refractivity contribution in [2.24, 2.45) is 0 Å². The van der Waals surface area contributed by atoms with Crippen LogP contribution in [0.1, 0.15) is 5.56 Å². The monoisotopic (exact) mass is 235 g/mol. The first-order valence-electron chi connectivity index (χ1n) is 4.30. The summed E-state index contributed by atoms with van der Waals surface area (Å²) in [6.45, 7) is 0. The average Bonchev–Trinajstić information content (AvgIpc) is 2.25. The van der Waals surface area contributed by atoms with Crippen LogP contribution in [0.4, 0.5) is 5.69 Å². The summed E-state index contributed by atoms with van der Waals surface area (Å²) in [7, 11) is 0. The molecule has 88 valence electrons. The van der Waals surface area contributed by atoms with Crippen LogP contribution in [-0.2, 0) is 9.59 Å². The van der Waals surface area contributed by atoms with Crippen molar-refractivity contribution in [3.8, 4) is 0 Å². The topological polar surface area (TPSA) is 123 Å². The van der Waals surface area contributed by atoms with E-state index >= 15 is 0 Å². The number of aliphatic carboxylic acids is 2. The number of hydrogen-bond donors (Lipinski definition) is 0. The number of carboxylic acid groups (broad SMARTS) is 2. The van der Waals surface area contributed by atoms with Gasteiger partial charge in [-0.2, -0.15) is 0 Å². The molecule has 1 rings (SSSR count). The van der Waals surface area contributed by atoms with Crippen molar-refractivity contribution in [2.75, 3.05) is 0 Å². The Morgan fingerprint density at radius 1 is 1.06 bits per heavy atom. The number of nitrogens with zero attached hydrogens (tertiary/aromatic N) is 1. The van der Waals surface area contributed by atoms with Gasteiger partial charge in [-0.15, -0.1) is 0 Å². The molecule has 0 spiro atoms. The van der Waals surface area contributed by atoms with Gasteiger partial charge in [-0.05, 0) is 23.8 Å². The summed E-state index contributed by atoms with van der Waals surface area (Å²) in [5, 5.41) is 31.2. The van der Waals surface area contributed by atoms with Crippen LogP contribution < -0.4 is 10.2 Å². The van der Waals surface area contributed by atoms with Gasteiger partial charge in [0.25, 0.3) is 5.69 Å². The summed E-state index contributed by atoms with van der Waals surface area (Å²) in [5.41, 5.74) is -1.04. The van der Waals surface area contributed by atoms with E-state index < -0.39 is 22.4 Å². The maximum atomic E-state index is 10.4. The fourth-order valence-electron chi connectivity index (χ4n) is 1.06. The molecular formula is C10H5NO6-2. The zero-order valence-electron chi connectivity index (χ0n) is 8.28. The molecule has 0 fully saturated rings. The van der Waals surface area contributed by atoms with Crippen LogP contribution in [-0.4, -0.2) is 16.9 Å². The Morgan fingerprint density at radius 3 is 1.88 bits per heavy atom. The number of hydrogen-bond acceptors (Lipinski definition) is 6. The van der Waals surface area contributed by atoms with E-state index in [1.807, 2.05) is 0 Å². The van der Waals surface area contributed by atoms with Crippen LogP contribution in [0.15, 0.2) is 29.8 Å². The minimum atomic E-state index is -1.89. The van der Waals surface area contributed by atoms with E-state index in [4.69, 9.17) is 0 Å². The Balaban J connectivity index is 3.09. The van der Waals surface area contributed by atoms with Gasteiger partial charge >= 0.3 is 0 Å². The summed E-state index contributed by atoms with van der Waals surface area (Å²) in [4.78, 5) is 30.5. The molecule has 1 aromatic carbocycles. The standard InChI is InChI=1S/C10H7NO6/c12-9(13)8(10(14)15)5-6-1-3-7(4-2-6)11(16)17/h1-5H,(H,12,13)(H,14,15)/p-2. The first kappa shape index (κ1) is 12.4. The molecule has 0 unspecified atom stereocenters. The van der Waals surface area contributed by atoms with Gasteiger partial charge in [0.15, 0.2) is 0 Å². The SMILES string of the molecule is O=C([O-])C(=Cc1ccc([N+](=O)[O-])cc1)C(=O)[O-]. The highest BCUT2D eigenvalue weighted by Gasteiger charge is 2.04. The van der Waals surface area contributed by atoms with Gasteiger partial charge in [-0.3, -0.25) is 10.1 Å². The quantitative estimate of drug-likeness (QED) is 0.205. The molecule has 7 nitrogen and oxygen atoms in total. The number of rotatable bonds is 4. The van der Waals surface area contributed by atoms with Gasteiger partial charge in [-0.25, -0.2) is 0 Å². The van der Waals surface area contributed by atoms with Crippen LogP contribution >= 0.6 is 0 Å². The maximum Gasteiger partial charge on any atom is 0.269 e. The van der Waals surface area contributed by atoms with E-state index in [1.165, 1.54) is 12.1 Å². The van der Waals surface area contributed by atoms with Gasteiger partial charge in [0.1, 0.15) is 0 Å². The summed E-state index contributed by atoms with van der Waals surface area (Å²) in [5.74, 6) is -3.77. The maximum absolute atomic E-state index is 10.4. The van der Waals surface area contributed by atoms with Gasteiger partial charge in [0.05, 0.1) is 16.9 Å². The summed E-state index contributed by atoms with van der Waals surface area (Å²) >= 11 is 0. The minimum Gasteiger partial charge on any atom is -0.545 e. The summed E-state index contributed by atoms with van der Waals surface area (Å²) < 4.78 is 0. The Morgan fingerprint density at radius 2 is 1.53 bits per heavy atom. The number of carbonyl (C=O) groups excluding carboxylic acids is 2. The lowest BCUT2D eigenvalue weighted by molar-refractivity contribution is -0.384. The van der Waals surface area contributed by atoms with Crippen LogP contribution in [0, 0.1) is 10.1 Å². The normalized spacial score (nSPS) is 9.41. The molecule has 0 amide bonds. The van der Waals surface area contributed by atoms with Crippen molar-refractivity contribution >= 4 is 23.7 Å². The molecule has 0 bridgehead atoms. The summed E-state index contributed by atoms with van der Waals surface area (Å²) in [6.07, 6.45) is 0.800. The van der Waals surface area contributed by atoms with Gasteiger partial charge < -0.3 is 19.8 Å². The third-order valence-electron chi connectivity index (χ3n) is 1.85. The summed E-state index contributed by atoms with van der Waals surface area (Å²) in [6, 6.07) is 4.66. The number of carbonyl (C=O) groups is 2. The molecule has 7 heteroatoms. The van der Waals surface area contributed by atoms with Gasteiger partial charge in [-0.1, -0.05) is 0 Å². The molecule has 0 saturated carbocycles. The van der Waals surface area contributed by atoms with Crippen molar-refractivity contribution in [3.05, 3.63) is 45.5 Å².